The Labute approximate surface area is 93.8 Å². The first kappa shape index (κ1) is 12.0. The SMILES string of the molecule is CCOC(=O)NC(=O)Nc1cccc(C)c1. The Kier molecular flexibility index (Phi) is 4.32. The largest absolute Gasteiger partial charge is 0.450 e. The van der Waals surface area contributed by atoms with E-state index < -0.39 is 12.1 Å². The highest BCUT2D eigenvalue weighted by molar-refractivity contribution is 5.98. The third kappa shape index (κ3) is 4.00. The zero-order valence-electron chi connectivity index (χ0n) is 9.24. The molecule has 0 atom stereocenters. The van der Waals surface area contributed by atoms with E-state index >= 15 is 0 Å². The Bertz CT molecular complexity index is 391. The fraction of sp³-hybridized carbons (Fsp3) is 0.273. The highest BCUT2D eigenvalue weighted by Gasteiger charge is 2.07. The van der Waals surface area contributed by atoms with Gasteiger partial charge in [-0.15, -0.1) is 0 Å². The minimum Gasteiger partial charge on any atom is -0.450 e. The number of nitrogens with one attached hydrogen (secondary N) is 2. The van der Waals surface area contributed by atoms with Crippen molar-refractivity contribution in [3.63, 3.8) is 0 Å². The van der Waals surface area contributed by atoms with Crippen molar-refractivity contribution in [2.75, 3.05) is 11.9 Å². The Morgan fingerprint density at radius 2 is 2.12 bits per heavy atom. The van der Waals surface area contributed by atoms with Crippen LogP contribution in [0.3, 0.4) is 0 Å². The molecule has 2 N–H and O–H groups in total. The number of carbonyl (C=O) groups is 2. The van der Waals surface area contributed by atoms with Crippen LogP contribution >= 0.6 is 0 Å². The molecule has 86 valence electrons. The van der Waals surface area contributed by atoms with Crippen LogP contribution in [0.4, 0.5) is 15.3 Å². The van der Waals surface area contributed by atoms with E-state index in [2.05, 4.69) is 10.1 Å². The van der Waals surface area contributed by atoms with Crippen LogP contribution in [-0.2, 0) is 4.74 Å². The lowest BCUT2D eigenvalue weighted by atomic mass is 10.2. The number of carbonyl (C=O) groups excluding carboxylic acids is 2. The van der Waals surface area contributed by atoms with Gasteiger partial charge in [-0.3, -0.25) is 0 Å². The number of aryl methyl sites for hydroxylation is 1. The van der Waals surface area contributed by atoms with Crippen molar-refractivity contribution in [1.82, 2.24) is 5.32 Å². The molecule has 1 aromatic rings. The lowest BCUT2D eigenvalue weighted by molar-refractivity contribution is 0.154. The van der Waals surface area contributed by atoms with Crippen molar-refractivity contribution in [2.24, 2.45) is 0 Å². The van der Waals surface area contributed by atoms with Crippen LogP contribution in [0, 0.1) is 6.92 Å². The minimum atomic E-state index is -0.757. The summed E-state index contributed by atoms with van der Waals surface area (Å²) in [6, 6.07) is 6.65. The molecule has 0 aliphatic rings. The van der Waals surface area contributed by atoms with Gasteiger partial charge in [0.15, 0.2) is 0 Å². The summed E-state index contributed by atoms with van der Waals surface area (Å²) in [6.45, 7) is 3.80. The molecule has 0 aliphatic heterocycles. The van der Waals surface area contributed by atoms with Crippen LogP contribution in [0.5, 0.6) is 0 Å². The molecule has 0 saturated carbocycles. The monoisotopic (exact) mass is 222 g/mol. The van der Waals surface area contributed by atoms with E-state index in [9.17, 15) is 9.59 Å². The van der Waals surface area contributed by atoms with Gasteiger partial charge in [0, 0.05) is 5.69 Å². The molecule has 1 rings (SSSR count). The molecule has 0 heterocycles. The van der Waals surface area contributed by atoms with Gasteiger partial charge in [-0.05, 0) is 31.5 Å². The second-order valence-corrected chi connectivity index (χ2v) is 3.17. The summed E-state index contributed by atoms with van der Waals surface area (Å²) in [5, 5.41) is 4.56. The molecule has 1 aromatic carbocycles. The molecule has 0 bridgehead atoms. The van der Waals surface area contributed by atoms with E-state index in [1.165, 1.54) is 0 Å². The molecule has 0 unspecified atom stereocenters. The van der Waals surface area contributed by atoms with E-state index in [4.69, 9.17) is 0 Å². The molecule has 0 fully saturated rings. The summed E-state index contributed by atoms with van der Waals surface area (Å²) in [5.74, 6) is 0. The summed E-state index contributed by atoms with van der Waals surface area (Å²) < 4.78 is 4.56. The molecule has 0 saturated heterocycles. The van der Waals surface area contributed by atoms with Gasteiger partial charge < -0.3 is 10.1 Å². The second-order valence-electron chi connectivity index (χ2n) is 3.17. The normalized spacial score (nSPS) is 9.38. The van der Waals surface area contributed by atoms with Crippen LogP contribution in [0.25, 0.3) is 0 Å². The van der Waals surface area contributed by atoms with E-state index in [1.807, 2.05) is 24.4 Å². The van der Waals surface area contributed by atoms with Crippen molar-refractivity contribution in [3.05, 3.63) is 29.8 Å². The van der Waals surface area contributed by atoms with Gasteiger partial charge in [-0.1, -0.05) is 12.1 Å². The van der Waals surface area contributed by atoms with Crippen molar-refractivity contribution >= 4 is 17.8 Å². The minimum absolute atomic E-state index is 0.226. The maximum absolute atomic E-state index is 11.3. The summed E-state index contributed by atoms with van der Waals surface area (Å²) in [5.41, 5.74) is 1.65. The average molecular weight is 222 g/mol. The lowest BCUT2D eigenvalue weighted by Gasteiger charge is -2.06. The Morgan fingerprint density at radius 1 is 1.38 bits per heavy atom. The zero-order chi connectivity index (χ0) is 12.0. The van der Waals surface area contributed by atoms with Crippen LogP contribution in [-0.4, -0.2) is 18.7 Å². The molecule has 0 aliphatic carbocycles. The van der Waals surface area contributed by atoms with Gasteiger partial charge >= 0.3 is 12.1 Å². The second kappa shape index (κ2) is 5.75. The third-order valence-electron chi connectivity index (χ3n) is 1.77. The number of rotatable bonds is 2. The number of hydrogen-bond donors (Lipinski definition) is 2. The highest BCUT2D eigenvalue weighted by atomic mass is 16.5. The van der Waals surface area contributed by atoms with E-state index in [1.54, 1.807) is 19.1 Å². The van der Waals surface area contributed by atoms with Crippen LogP contribution < -0.4 is 10.6 Å². The van der Waals surface area contributed by atoms with Crippen molar-refractivity contribution in [2.45, 2.75) is 13.8 Å². The number of hydrogen-bond acceptors (Lipinski definition) is 3. The molecule has 0 aromatic heterocycles. The Morgan fingerprint density at radius 3 is 2.75 bits per heavy atom. The number of benzene rings is 1. The van der Waals surface area contributed by atoms with Gasteiger partial charge in [-0.25, -0.2) is 14.9 Å². The first-order valence-corrected chi connectivity index (χ1v) is 4.93. The number of anilines is 1. The predicted octanol–water partition coefficient (Wildman–Crippen LogP) is 2.27. The van der Waals surface area contributed by atoms with E-state index in [0.717, 1.165) is 5.56 Å². The molecular formula is C11H14N2O3. The smallest absolute Gasteiger partial charge is 0.415 e. The predicted molar refractivity (Wildman–Crippen MR) is 60.4 cm³/mol. The van der Waals surface area contributed by atoms with E-state index in [-0.39, 0.29) is 6.61 Å². The summed E-state index contributed by atoms with van der Waals surface area (Å²) in [7, 11) is 0. The molecule has 3 amide bonds. The summed E-state index contributed by atoms with van der Waals surface area (Å²) in [6.07, 6.45) is -0.757. The fourth-order valence-corrected chi connectivity index (χ4v) is 1.15. The maximum atomic E-state index is 11.3. The lowest BCUT2D eigenvalue weighted by Crippen LogP contribution is -2.34. The van der Waals surface area contributed by atoms with Gasteiger partial charge in [0.2, 0.25) is 0 Å². The quantitative estimate of drug-likeness (QED) is 0.806. The molecule has 5 nitrogen and oxygen atoms in total. The number of urea groups is 1. The van der Waals surface area contributed by atoms with Crippen molar-refractivity contribution in [3.8, 4) is 0 Å². The van der Waals surface area contributed by atoms with Gasteiger partial charge in [-0.2, -0.15) is 0 Å². The first-order valence-electron chi connectivity index (χ1n) is 4.93. The Hall–Kier alpha value is -2.04. The van der Waals surface area contributed by atoms with Gasteiger partial charge in [0.1, 0.15) is 0 Å². The topological polar surface area (TPSA) is 67.4 Å². The average Bonchev–Trinajstić information content (AvgIpc) is 2.17. The van der Waals surface area contributed by atoms with Crippen molar-refractivity contribution < 1.29 is 14.3 Å². The third-order valence-corrected chi connectivity index (χ3v) is 1.77. The van der Waals surface area contributed by atoms with E-state index in [0.29, 0.717) is 5.69 Å². The first-order chi connectivity index (χ1) is 7.61. The fourth-order valence-electron chi connectivity index (χ4n) is 1.15. The number of amides is 3. The standard InChI is InChI=1S/C11H14N2O3/c1-3-16-11(15)13-10(14)12-9-6-4-5-8(2)7-9/h4-7H,3H2,1-2H3,(H2,12,13,14,15). The van der Waals surface area contributed by atoms with Crippen LogP contribution in [0.2, 0.25) is 0 Å². The molecule has 0 spiro atoms. The number of alkyl carbamates (subject to hydrolysis) is 1. The summed E-state index contributed by atoms with van der Waals surface area (Å²) in [4.78, 5) is 22.2. The number of imide groups is 1. The van der Waals surface area contributed by atoms with Crippen LogP contribution in [0.1, 0.15) is 12.5 Å². The van der Waals surface area contributed by atoms with Gasteiger partial charge in [0.05, 0.1) is 6.61 Å². The highest BCUT2D eigenvalue weighted by Crippen LogP contribution is 2.08. The maximum Gasteiger partial charge on any atom is 0.415 e. The molecular weight excluding hydrogens is 208 g/mol. The molecule has 0 radical (unpaired) electrons. The molecule has 5 heteroatoms. The molecule has 16 heavy (non-hydrogen) atoms. The Balaban J connectivity index is 2.48. The van der Waals surface area contributed by atoms with Crippen LogP contribution in [0.15, 0.2) is 24.3 Å². The number of ether oxygens (including phenoxy) is 1. The van der Waals surface area contributed by atoms with Gasteiger partial charge in [0.25, 0.3) is 0 Å². The summed E-state index contributed by atoms with van der Waals surface area (Å²) >= 11 is 0. The zero-order valence-corrected chi connectivity index (χ0v) is 9.24. The van der Waals surface area contributed by atoms with Crippen molar-refractivity contribution in [1.29, 1.82) is 0 Å².